The minimum absolute atomic E-state index is 0.215. The first-order chi connectivity index (χ1) is 14.8. The quantitative estimate of drug-likeness (QED) is 0.659. The van der Waals surface area contributed by atoms with E-state index in [4.69, 9.17) is 9.47 Å². The lowest BCUT2D eigenvalue weighted by atomic mass is 10.1. The summed E-state index contributed by atoms with van der Waals surface area (Å²) in [6.45, 7) is 3.39. The van der Waals surface area contributed by atoms with Gasteiger partial charge < -0.3 is 19.7 Å². The highest BCUT2D eigenvalue weighted by molar-refractivity contribution is 5.95. The maximum absolute atomic E-state index is 11.9. The number of hydrogen-bond donors (Lipinski definition) is 2. The number of carbonyl (C=O) groups is 1. The van der Waals surface area contributed by atoms with E-state index in [9.17, 15) is 4.79 Å². The third-order valence-electron chi connectivity index (χ3n) is 5.51. The van der Waals surface area contributed by atoms with Crippen LogP contribution in [0.25, 0.3) is 11.3 Å². The fraction of sp³-hybridized carbons (Fsp3) is 0.304. The zero-order valence-corrected chi connectivity index (χ0v) is 16.7. The molecule has 0 bridgehead atoms. The summed E-state index contributed by atoms with van der Waals surface area (Å²) in [6, 6.07) is 14.1. The lowest BCUT2D eigenvalue weighted by Gasteiger charge is -2.18. The number of hydrogen-bond acceptors (Lipinski definition) is 5. The minimum Gasteiger partial charge on any atom is -0.486 e. The van der Waals surface area contributed by atoms with Crippen LogP contribution in [0.1, 0.15) is 24.0 Å². The molecular weight excluding hydrogens is 380 g/mol. The van der Waals surface area contributed by atoms with Crippen LogP contribution in [0, 0.1) is 0 Å². The second kappa shape index (κ2) is 8.20. The summed E-state index contributed by atoms with van der Waals surface area (Å²) >= 11 is 0. The number of amides is 1. The van der Waals surface area contributed by atoms with Crippen LogP contribution in [0.4, 0.5) is 5.69 Å². The Hall–Kier alpha value is -3.32. The molecule has 7 nitrogen and oxygen atoms in total. The van der Waals surface area contributed by atoms with E-state index in [0.29, 0.717) is 26.2 Å². The van der Waals surface area contributed by atoms with Gasteiger partial charge in [0.25, 0.3) is 0 Å². The van der Waals surface area contributed by atoms with E-state index < -0.39 is 0 Å². The molecule has 2 aromatic carbocycles. The van der Waals surface area contributed by atoms with E-state index in [2.05, 4.69) is 27.6 Å². The number of fused-ring (bicyclic) bond motifs is 1. The van der Waals surface area contributed by atoms with Gasteiger partial charge in [0.15, 0.2) is 11.5 Å². The summed E-state index contributed by atoms with van der Waals surface area (Å²) < 4.78 is 11.3. The molecule has 0 spiro atoms. The van der Waals surface area contributed by atoms with Crippen molar-refractivity contribution >= 4 is 11.6 Å². The van der Waals surface area contributed by atoms with E-state index in [1.165, 1.54) is 5.56 Å². The molecule has 3 aromatic rings. The summed E-state index contributed by atoms with van der Waals surface area (Å²) in [4.78, 5) is 13.7. The molecular formula is C23H24N4O3. The molecule has 7 heteroatoms. The van der Waals surface area contributed by atoms with Crippen LogP contribution in [0.3, 0.4) is 0 Å². The number of aromatic amines is 1. The van der Waals surface area contributed by atoms with Gasteiger partial charge >= 0.3 is 0 Å². The molecule has 0 unspecified atom stereocenters. The molecule has 1 fully saturated rings. The van der Waals surface area contributed by atoms with Gasteiger partial charge in [0.05, 0.1) is 11.9 Å². The van der Waals surface area contributed by atoms with Gasteiger partial charge in [-0.15, -0.1) is 0 Å². The van der Waals surface area contributed by atoms with Crippen molar-refractivity contribution in [2.24, 2.45) is 0 Å². The number of ether oxygens (including phenoxy) is 2. The van der Waals surface area contributed by atoms with Crippen LogP contribution in [0.15, 0.2) is 48.7 Å². The number of rotatable bonds is 6. The fourth-order valence-corrected chi connectivity index (χ4v) is 3.95. The Labute approximate surface area is 175 Å². The summed E-state index contributed by atoms with van der Waals surface area (Å²) in [7, 11) is 0. The number of anilines is 1. The number of benzene rings is 2. The Bertz CT molecular complexity index is 1040. The van der Waals surface area contributed by atoms with Crippen molar-refractivity contribution in [2.45, 2.75) is 25.9 Å². The third kappa shape index (κ3) is 3.76. The zero-order valence-electron chi connectivity index (χ0n) is 16.7. The predicted molar refractivity (Wildman–Crippen MR) is 114 cm³/mol. The Morgan fingerprint density at radius 2 is 1.87 bits per heavy atom. The minimum atomic E-state index is 0.215. The van der Waals surface area contributed by atoms with Crippen molar-refractivity contribution in [2.75, 3.05) is 24.7 Å². The maximum atomic E-state index is 11.9. The predicted octanol–water partition coefficient (Wildman–Crippen LogP) is 3.26. The first-order valence-electron chi connectivity index (χ1n) is 10.3. The molecule has 3 heterocycles. The average Bonchev–Trinajstić information content (AvgIpc) is 3.43. The Kier molecular flexibility index (Phi) is 5.11. The SMILES string of the molecule is O=C1CCCN1c1ccc(CNCc2cn[nH]c2-c2ccc3c(c2)OCCO3)cc1. The highest BCUT2D eigenvalue weighted by atomic mass is 16.6. The summed E-state index contributed by atoms with van der Waals surface area (Å²) in [5, 5.41) is 10.8. The number of H-pyrrole nitrogens is 1. The maximum Gasteiger partial charge on any atom is 0.227 e. The van der Waals surface area contributed by atoms with Crippen molar-refractivity contribution in [3.8, 4) is 22.8 Å². The molecule has 2 aliphatic heterocycles. The number of nitrogens with zero attached hydrogens (tertiary/aromatic N) is 2. The van der Waals surface area contributed by atoms with Gasteiger partial charge in [0.2, 0.25) is 5.91 Å². The lowest BCUT2D eigenvalue weighted by Crippen LogP contribution is -2.23. The first kappa shape index (κ1) is 18.7. The van der Waals surface area contributed by atoms with Gasteiger partial charge in [-0.2, -0.15) is 5.10 Å². The van der Waals surface area contributed by atoms with E-state index in [1.807, 2.05) is 41.4 Å². The zero-order chi connectivity index (χ0) is 20.3. The molecule has 5 rings (SSSR count). The Morgan fingerprint density at radius 1 is 1.03 bits per heavy atom. The molecule has 1 amide bonds. The van der Waals surface area contributed by atoms with Crippen LogP contribution in [-0.4, -0.2) is 35.9 Å². The van der Waals surface area contributed by atoms with Crippen molar-refractivity contribution in [3.63, 3.8) is 0 Å². The monoisotopic (exact) mass is 404 g/mol. The van der Waals surface area contributed by atoms with Crippen molar-refractivity contribution in [3.05, 3.63) is 59.8 Å². The lowest BCUT2D eigenvalue weighted by molar-refractivity contribution is -0.117. The molecule has 0 radical (unpaired) electrons. The molecule has 1 saturated heterocycles. The summed E-state index contributed by atoms with van der Waals surface area (Å²) in [5.74, 6) is 1.76. The molecule has 154 valence electrons. The topological polar surface area (TPSA) is 79.5 Å². The van der Waals surface area contributed by atoms with Gasteiger partial charge in [-0.1, -0.05) is 12.1 Å². The van der Waals surface area contributed by atoms with E-state index in [-0.39, 0.29) is 5.91 Å². The highest BCUT2D eigenvalue weighted by Crippen LogP contribution is 2.34. The molecule has 2 aliphatic rings. The van der Waals surface area contributed by atoms with Gasteiger partial charge in [-0.25, -0.2) is 0 Å². The van der Waals surface area contributed by atoms with Crippen LogP contribution in [0.2, 0.25) is 0 Å². The second-order valence-corrected chi connectivity index (χ2v) is 7.55. The average molecular weight is 404 g/mol. The van der Waals surface area contributed by atoms with Crippen molar-refractivity contribution < 1.29 is 14.3 Å². The molecule has 30 heavy (non-hydrogen) atoms. The van der Waals surface area contributed by atoms with Crippen LogP contribution in [0.5, 0.6) is 11.5 Å². The molecule has 0 saturated carbocycles. The van der Waals surface area contributed by atoms with Gasteiger partial charge in [0.1, 0.15) is 13.2 Å². The first-order valence-corrected chi connectivity index (χ1v) is 10.3. The standard InChI is InChI=1S/C23H24N4O3/c28-22-2-1-9-27(22)19-6-3-16(4-7-19)13-24-14-18-15-25-26-23(18)17-5-8-20-21(12-17)30-11-10-29-20/h3-8,12,15,24H,1-2,9-11,13-14H2,(H,25,26). The molecule has 1 aromatic heterocycles. The highest BCUT2D eigenvalue weighted by Gasteiger charge is 2.21. The number of nitrogens with one attached hydrogen (secondary N) is 2. The van der Waals surface area contributed by atoms with E-state index in [1.54, 1.807) is 0 Å². The van der Waals surface area contributed by atoms with Crippen LogP contribution in [-0.2, 0) is 17.9 Å². The Morgan fingerprint density at radius 3 is 2.67 bits per heavy atom. The van der Waals surface area contributed by atoms with Crippen LogP contribution < -0.4 is 19.7 Å². The van der Waals surface area contributed by atoms with Gasteiger partial charge in [-0.3, -0.25) is 9.89 Å². The number of aromatic nitrogens is 2. The number of carbonyl (C=O) groups excluding carboxylic acids is 1. The van der Waals surface area contributed by atoms with Crippen LogP contribution >= 0.6 is 0 Å². The van der Waals surface area contributed by atoms with Crippen molar-refractivity contribution in [1.29, 1.82) is 0 Å². The summed E-state index contributed by atoms with van der Waals surface area (Å²) in [5.41, 5.74) is 5.24. The fourth-order valence-electron chi connectivity index (χ4n) is 3.95. The third-order valence-corrected chi connectivity index (χ3v) is 5.51. The van der Waals surface area contributed by atoms with Crippen molar-refractivity contribution in [1.82, 2.24) is 15.5 Å². The second-order valence-electron chi connectivity index (χ2n) is 7.55. The van der Waals surface area contributed by atoms with Gasteiger partial charge in [-0.05, 0) is 42.3 Å². The van der Waals surface area contributed by atoms with E-state index in [0.717, 1.165) is 53.5 Å². The smallest absolute Gasteiger partial charge is 0.227 e. The molecule has 0 atom stereocenters. The largest absolute Gasteiger partial charge is 0.486 e. The van der Waals surface area contributed by atoms with E-state index >= 15 is 0 Å². The summed E-state index contributed by atoms with van der Waals surface area (Å²) in [6.07, 6.45) is 3.44. The normalized spacial score (nSPS) is 15.6. The Balaban J connectivity index is 1.22. The van der Waals surface area contributed by atoms with Gasteiger partial charge in [0, 0.05) is 42.9 Å². The molecule has 0 aliphatic carbocycles. The molecule has 2 N–H and O–H groups in total.